The van der Waals surface area contributed by atoms with Crippen LogP contribution >= 0.6 is 0 Å². The van der Waals surface area contributed by atoms with Gasteiger partial charge in [-0.25, -0.2) is 0 Å². The lowest BCUT2D eigenvalue weighted by Gasteiger charge is -2.06. The van der Waals surface area contributed by atoms with Crippen molar-refractivity contribution in [3.8, 4) is 0 Å². The SMILES string of the molecule is C=C(O)[C@@H](N)CCC(C)=O. The molecule has 0 aliphatic rings. The average Bonchev–Trinajstić information content (AvgIpc) is 1.82. The molecule has 0 amide bonds. The molecule has 0 aromatic carbocycles. The van der Waals surface area contributed by atoms with E-state index in [2.05, 4.69) is 6.58 Å². The minimum atomic E-state index is -0.455. The number of aliphatic hydroxyl groups is 1. The first-order valence-electron chi connectivity index (χ1n) is 3.17. The van der Waals surface area contributed by atoms with Crippen molar-refractivity contribution >= 4 is 5.78 Å². The van der Waals surface area contributed by atoms with Crippen LogP contribution in [0.15, 0.2) is 12.3 Å². The lowest BCUT2D eigenvalue weighted by molar-refractivity contribution is -0.117. The third kappa shape index (κ3) is 4.09. The molecule has 0 aromatic rings. The summed E-state index contributed by atoms with van der Waals surface area (Å²) in [6, 6.07) is -0.455. The van der Waals surface area contributed by atoms with E-state index in [0.717, 1.165) is 0 Å². The van der Waals surface area contributed by atoms with E-state index in [-0.39, 0.29) is 11.5 Å². The highest BCUT2D eigenvalue weighted by molar-refractivity contribution is 5.75. The highest BCUT2D eigenvalue weighted by Gasteiger charge is 2.05. The molecule has 0 aliphatic heterocycles. The van der Waals surface area contributed by atoms with Crippen molar-refractivity contribution in [1.82, 2.24) is 0 Å². The Balaban J connectivity index is 3.49. The maximum Gasteiger partial charge on any atom is 0.129 e. The lowest BCUT2D eigenvalue weighted by Crippen LogP contribution is -2.22. The number of Topliss-reactive ketones (excluding diaryl/α,β-unsaturated/α-hetero) is 1. The van der Waals surface area contributed by atoms with Gasteiger partial charge in [-0.1, -0.05) is 6.58 Å². The molecule has 3 N–H and O–H groups in total. The minimum Gasteiger partial charge on any atom is -0.511 e. The number of hydrogen-bond donors (Lipinski definition) is 2. The van der Waals surface area contributed by atoms with Crippen LogP contribution in [-0.4, -0.2) is 16.9 Å². The van der Waals surface area contributed by atoms with E-state index in [1.165, 1.54) is 6.92 Å². The Morgan fingerprint density at radius 2 is 2.30 bits per heavy atom. The molecule has 0 rings (SSSR count). The Hall–Kier alpha value is -0.830. The normalized spacial score (nSPS) is 12.6. The third-order valence-electron chi connectivity index (χ3n) is 1.24. The molecule has 58 valence electrons. The first-order valence-corrected chi connectivity index (χ1v) is 3.17. The average molecular weight is 143 g/mol. The van der Waals surface area contributed by atoms with Crippen LogP contribution < -0.4 is 5.73 Å². The molecule has 0 heterocycles. The molecule has 3 heteroatoms. The van der Waals surface area contributed by atoms with Crippen molar-refractivity contribution in [3.63, 3.8) is 0 Å². The molecule has 0 aliphatic carbocycles. The van der Waals surface area contributed by atoms with E-state index in [1.807, 2.05) is 0 Å². The van der Waals surface area contributed by atoms with Gasteiger partial charge in [-0.05, 0) is 13.3 Å². The monoisotopic (exact) mass is 143 g/mol. The first kappa shape index (κ1) is 9.17. The summed E-state index contributed by atoms with van der Waals surface area (Å²) in [5.41, 5.74) is 5.36. The molecule has 3 nitrogen and oxygen atoms in total. The fourth-order valence-electron chi connectivity index (χ4n) is 0.525. The second-order valence-corrected chi connectivity index (χ2v) is 2.34. The van der Waals surface area contributed by atoms with Crippen LogP contribution in [0.2, 0.25) is 0 Å². The Labute approximate surface area is 60.5 Å². The fourth-order valence-corrected chi connectivity index (χ4v) is 0.525. The summed E-state index contributed by atoms with van der Waals surface area (Å²) in [5, 5.41) is 8.70. The van der Waals surface area contributed by atoms with Crippen molar-refractivity contribution in [2.45, 2.75) is 25.8 Å². The molecule has 0 saturated carbocycles. The van der Waals surface area contributed by atoms with E-state index in [0.29, 0.717) is 12.8 Å². The summed E-state index contributed by atoms with van der Waals surface area (Å²) in [7, 11) is 0. The van der Waals surface area contributed by atoms with E-state index < -0.39 is 6.04 Å². The molecular weight excluding hydrogens is 130 g/mol. The predicted molar refractivity (Wildman–Crippen MR) is 39.7 cm³/mol. The van der Waals surface area contributed by atoms with Crippen molar-refractivity contribution < 1.29 is 9.90 Å². The number of ketones is 1. The largest absolute Gasteiger partial charge is 0.511 e. The number of hydrogen-bond acceptors (Lipinski definition) is 3. The standard InChI is InChI=1S/C7H13NO2/c1-5(9)3-4-7(8)6(2)10/h7,10H,2-4,8H2,1H3/t7-/m0/s1. The first-order chi connectivity index (χ1) is 4.54. The van der Waals surface area contributed by atoms with Gasteiger partial charge in [0, 0.05) is 6.42 Å². The molecule has 0 fully saturated rings. The Kier molecular flexibility index (Phi) is 3.72. The predicted octanol–water partition coefficient (Wildman–Crippen LogP) is 0.755. The second-order valence-electron chi connectivity index (χ2n) is 2.34. The number of carbonyl (C=O) groups is 1. The minimum absolute atomic E-state index is 0.0544. The van der Waals surface area contributed by atoms with Crippen LogP contribution in [0.3, 0.4) is 0 Å². The number of nitrogens with two attached hydrogens (primary N) is 1. The van der Waals surface area contributed by atoms with Gasteiger partial charge in [0.15, 0.2) is 0 Å². The number of rotatable bonds is 4. The summed E-state index contributed by atoms with van der Waals surface area (Å²) in [5.74, 6) is 0.0259. The van der Waals surface area contributed by atoms with Crippen molar-refractivity contribution in [2.75, 3.05) is 0 Å². The molecule has 0 saturated heterocycles. The highest BCUT2D eigenvalue weighted by Crippen LogP contribution is 2.00. The van der Waals surface area contributed by atoms with Crippen LogP contribution in [0.1, 0.15) is 19.8 Å². The van der Waals surface area contributed by atoms with Gasteiger partial charge >= 0.3 is 0 Å². The third-order valence-corrected chi connectivity index (χ3v) is 1.24. The van der Waals surface area contributed by atoms with Crippen molar-refractivity contribution in [2.24, 2.45) is 5.73 Å². The molecule has 0 bridgehead atoms. The maximum absolute atomic E-state index is 10.4. The summed E-state index contributed by atoms with van der Waals surface area (Å²) >= 11 is 0. The van der Waals surface area contributed by atoms with E-state index in [1.54, 1.807) is 0 Å². The van der Waals surface area contributed by atoms with E-state index in [9.17, 15) is 4.79 Å². The number of carbonyl (C=O) groups excluding carboxylic acids is 1. The van der Waals surface area contributed by atoms with E-state index in [4.69, 9.17) is 10.8 Å². The molecule has 0 aromatic heterocycles. The topological polar surface area (TPSA) is 63.3 Å². The van der Waals surface area contributed by atoms with Crippen molar-refractivity contribution in [1.29, 1.82) is 0 Å². The fraction of sp³-hybridized carbons (Fsp3) is 0.571. The van der Waals surface area contributed by atoms with Gasteiger partial charge in [-0.15, -0.1) is 0 Å². The van der Waals surface area contributed by atoms with Gasteiger partial charge in [-0.2, -0.15) is 0 Å². The smallest absolute Gasteiger partial charge is 0.129 e. The molecular formula is C7H13NO2. The molecule has 0 unspecified atom stereocenters. The van der Waals surface area contributed by atoms with Crippen LogP contribution in [0, 0.1) is 0 Å². The Bertz CT molecular complexity index is 143. The molecule has 0 radical (unpaired) electrons. The van der Waals surface area contributed by atoms with Crippen molar-refractivity contribution in [3.05, 3.63) is 12.3 Å². The van der Waals surface area contributed by atoms with Crippen LogP contribution in [0.25, 0.3) is 0 Å². The lowest BCUT2D eigenvalue weighted by atomic mass is 10.1. The zero-order valence-electron chi connectivity index (χ0n) is 6.13. The second kappa shape index (κ2) is 4.06. The molecule has 10 heavy (non-hydrogen) atoms. The molecule has 1 atom stereocenters. The summed E-state index contributed by atoms with van der Waals surface area (Å²) in [6.45, 7) is 4.75. The summed E-state index contributed by atoms with van der Waals surface area (Å²) in [4.78, 5) is 10.4. The van der Waals surface area contributed by atoms with Gasteiger partial charge in [0.2, 0.25) is 0 Å². The van der Waals surface area contributed by atoms with Crippen LogP contribution in [0.5, 0.6) is 0 Å². The summed E-state index contributed by atoms with van der Waals surface area (Å²) in [6.07, 6.45) is 0.880. The summed E-state index contributed by atoms with van der Waals surface area (Å²) < 4.78 is 0. The molecule has 0 spiro atoms. The maximum atomic E-state index is 10.4. The zero-order valence-corrected chi connectivity index (χ0v) is 6.13. The van der Waals surface area contributed by atoms with Gasteiger partial charge in [0.05, 0.1) is 6.04 Å². The number of aliphatic hydroxyl groups excluding tert-OH is 1. The van der Waals surface area contributed by atoms with Gasteiger partial charge in [-0.3, -0.25) is 0 Å². The van der Waals surface area contributed by atoms with Gasteiger partial charge in [0.25, 0.3) is 0 Å². The van der Waals surface area contributed by atoms with E-state index >= 15 is 0 Å². The van der Waals surface area contributed by atoms with Gasteiger partial charge in [0.1, 0.15) is 11.5 Å². The Morgan fingerprint density at radius 3 is 2.60 bits per heavy atom. The quantitative estimate of drug-likeness (QED) is 0.571. The van der Waals surface area contributed by atoms with Gasteiger partial charge < -0.3 is 15.6 Å². The van der Waals surface area contributed by atoms with Crippen LogP contribution in [-0.2, 0) is 4.79 Å². The van der Waals surface area contributed by atoms with Crippen LogP contribution in [0.4, 0.5) is 0 Å². The Morgan fingerprint density at radius 1 is 1.80 bits per heavy atom. The zero-order chi connectivity index (χ0) is 8.15. The highest BCUT2D eigenvalue weighted by atomic mass is 16.3.